The Kier molecular flexibility index (Phi) is 15.1. The van der Waals surface area contributed by atoms with Gasteiger partial charge in [0.25, 0.3) is 11.8 Å². The van der Waals surface area contributed by atoms with Gasteiger partial charge in [0.2, 0.25) is 5.60 Å². The number of oxime groups is 1. The Balaban J connectivity index is 1.01. The minimum atomic E-state index is -1.90. The van der Waals surface area contributed by atoms with E-state index < -0.39 is 74.5 Å². The number of hydrogen-bond donors (Lipinski definition) is 2. The first-order valence-corrected chi connectivity index (χ1v) is 28.0. The molecule has 0 radical (unpaired) electrons. The van der Waals surface area contributed by atoms with Gasteiger partial charge in [-0.3, -0.25) is 23.7 Å². The van der Waals surface area contributed by atoms with Crippen LogP contribution in [0.5, 0.6) is 0 Å². The predicted molar refractivity (Wildman–Crippen MR) is 301 cm³/mol. The number of carbonyl (C=O) groups excluding carboxylic acids is 4. The Bertz CT molecular complexity index is 3420. The summed E-state index contributed by atoms with van der Waals surface area (Å²) < 4.78 is 26.7. The lowest BCUT2D eigenvalue weighted by atomic mass is 9.77. The lowest BCUT2D eigenvalue weighted by Crippen LogP contribution is -2.74. The Morgan fingerprint density at radius 3 is 1.86 bits per heavy atom. The van der Waals surface area contributed by atoms with Gasteiger partial charge in [-0.15, -0.1) is 22.7 Å². The second-order valence-electron chi connectivity index (χ2n) is 19.8. The molecular weight excluding hydrogens is 1040 g/mol. The molecule has 0 saturated carbocycles. The van der Waals surface area contributed by atoms with Gasteiger partial charge in [0.1, 0.15) is 39.0 Å². The zero-order valence-electron chi connectivity index (χ0n) is 43.1. The van der Waals surface area contributed by atoms with Crippen molar-refractivity contribution in [3.05, 3.63) is 232 Å². The normalized spacial score (nSPS) is 16.7. The summed E-state index contributed by atoms with van der Waals surface area (Å²) in [5.74, 6) is -3.45. The zero-order valence-corrected chi connectivity index (χ0v) is 45.5. The number of fused-ring (bicyclic) bond motifs is 1. The summed E-state index contributed by atoms with van der Waals surface area (Å²) in [6, 6.07) is 50.3. The van der Waals surface area contributed by atoms with Crippen molar-refractivity contribution in [1.29, 1.82) is 0 Å². The van der Waals surface area contributed by atoms with E-state index in [2.05, 4.69) is 25.8 Å². The number of nitrogens with one attached hydrogen (secondary N) is 2. The maximum atomic E-state index is 15.0. The highest BCUT2D eigenvalue weighted by molar-refractivity contribution is 7.86. The average Bonchev–Trinajstić information content (AvgIpc) is 4.18. The van der Waals surface area contributed by atoms with E-state index in [-0.39, 0.29) is 17.1 Å². The molecule has 0 bridgehead atoms. The van der Waals surface area contributed by atoms with Gasteiger partial charge < -0.3 is 24.9 Å². The molecular formula is C60H53N7O8S3. The number of nitrogens with zero attached hydrogens (tertiary/aromatic N) is 5. The Labute approximate surface area is 461 Å². The molecule has 3 unspecified atom stereocenters. The SMILES string of the molecule is CC(C)(C)OC(=O)C(C)(C)ON=C(C(=O)NC1C(=O)N2C(C(=O)OC(c3ccccc3)c3ccccc3)=C(c3cnc(-c4cccnc4)s3)CS(=O)C12)c1csc(NC(c2ccccc2)(c2ccccc2)c2ccccc2)n1. The standard InChI is InChI=1S/C60H53N7O8S3/c1-58(2,3)74-56(71)59(4,5)75-66-47(45-36-76-57(63-45)65-60(41-27-15-8-16-28-41,42-29-17-9-18-30-42)43-31-19-10-20-32-43)51(68)64-48-53(69)67-49(55(70)73-50(38-22-11-6-12-23-38)39-24-13-7-14-25-39)44(37-78(72)54(48)67)46-35-62-52(77-46)40-26-21-33-61-34-40/h6-36,48,50,54H,37H2,1-5H3,(H,63,65)(H,64,68). The van der Waals surface area contributed by atoms with Gasteiger partial charge in [-0.2, -0.15) is 0 Å². The number of hydrogen-bond acceptors (Lipinski definition) is 15. The smallest absolute Gasteiger partial charge is 0.356 e. The van der Waals surface area contributed by atoms with E-state index in [4.69, 9.17) is 19.3 Å². The maximum absolute atomic E-state index is 15.0. The van der Waals surface area contributed by atoms with Crippen LogP contribution in [-0.4, -0.2) is 81.9 Å². The number of anilines is 1. The maximum Gasteiger partial charge on any atom is 0.356 e. The van der Waals surface area contributed by atoms with Crippen molar-refractivity contribution >= 4 is 73.6 Å². The van der Waals surface area contributed by atoms with Crippen molar-refractivity contribution in [2.45, 2.75) is 68.9 Å². The number of amides is 2. The molecule has 15 nitrogen and oxygen atoms in total. The summed E-state index contributed by atoms with van der Waals surface area (Å²) in [5.41, 5.74) is 1.02. The van der Waals surface area contributed by atoms with Gasteiger partial charge in [-0.05, 0) is 74.6 Å². The molecule has 10 rings (SSSR count). The van der Waals surface area contributed by atoms with Crippen LogP contribution < -0.4 is 10.6 Å². The Morgan fingerprint density at radius 1 is 0.756 bits per heavy atom. The van der Waals surface area contributed by atoms with Gasteiger partial charge in [-0.25, -0.2) is 19.6 Å². The lowest BCUT2D eigenvalue weighted by Gasteiger charge is -2.49. The molecule has 18 heteroatoms. The number of pyridine rings is 1. The van der Waals surface area contributed by atoms with Gasteiger partial charge in [0.05, 0.1) is 21.4 Å². The molecule has 8 aromatic rings. The van der Waals surface area contributed by atoms with Crippen LogP contribution in [0.3, 0.4) is 0 Å². The highest BCUT2D eigenvalue weighted by atomic mass is 32.2. The predicted octanol–water partition coefficient (Wildman–Crippen LogP) is 10.1. The molecule has 78 heavy (non-hydrogen) atoms. The molecule has 0 spiro atoms. The highest BCUT2D eigenvalue weighted by Crippen LogP contribution is 2.44. The largest absolute Gasteiger partial charge is 0.457 e. The number of β-lactam (4-membered cyclic amide) rings is 1. The molecule has 5 aromatic carbocycles. The number of carbonyl (C=O) groups is 4. The topological polar surface area (TPSA) is 191 Å². The molecule has 1 fully saturated rings. The minimum absolute atomic E-state index is 0.0328. The summed E-state index contributed by atoms with van der Waals surface area (Å²) in [5, 5.41) is 12.1. The quantitative estimate of drug-likeness (QED) is 0.0289. The third-order valence-electron chi connectivity index (χ3n) is 12.9. The van der Waals surface area contributed by atoms with Gasteiger partial charge in [-0.1, -0.05) is 157 Å². The van der Waals surface area contributed by atoms with Crippen molar-refractivity contribution in [2.75, 3.05) is 11.1 Å². The molecule has 3 aromatic heterocycles. The van der Waals surface area contributed by atoms with E-state index in [1.807, 2.05) is 158 Å². The average molecular weight is 1100 g/mol. The van der Waals surface area contributed by atoms with Crippen LogP contribution in [0.1, 0.15) is 79.1 Å². The summed E-state index contributed by atoms with van der Waals surface area (Å²) in [6.45, 7) is 8.05. The highest BCUT2D eigenvalue weighted by Gasteiger charge is 2.58. The van der Waals surface area contributed by atoms with E-state index >= 15 is 4.79 Å². The zero-order chi connectivity index (χ0) is 54.6. The summed E-state index contributed by atoms with van der Waals surface area (Å²) in [6.07, 6.45) is 3.99. The van der Waals surface area contributed by atoms with Crippen LogP contribution in [0, 0.1) is 0 Å². The summed E-state index contributed by atoms with van der Waals surface area (Å²) >= 11 is 2.45. The number of aromatic nitrogens is 3. The van der Waals surface area contributed by atoms with Crippen molar-refractivity contribution < 1.29 is 37.7 Å². The fraction of sp³-hybridized carbons (Fsp3) is 0.200. The van der Waals surface area contributed by atoms with Crippen LogP contribution in [0.25, 0.3) is 16.1 Å². The molecule has 3 atom stereocenters. The molecule has 2 aliphatic heterocycles. The number of ether oxygens (including phenoxy) is 2. The summed E-state index contributed by atoms with van der Waals surface area (Å²) in [7, 11) is -1.90. The van der Waals surface area contributed by atoms with E-state index in [0.717, 1.165) is 27.2 Å². The molecule has 0 aliphatic carbocycles. The van der Waals surface area contributed by atoms with Crippen LogP contribution in [-0.2, 0) is 49.8 Å². The monoisotopic (exact) mass is 1100 g/mol. The first kappa shape index (κ1) is 53.0. The van der Waals surface area contributed by atoms with Crippen molar-refractivity contribution in [3.63, 3.8) is 0 Å². The van der Waals surface area contributed by atoms with Crippen LogP contribution >= 0.6 is 22.7 Å². The van der Waals surface area contributed by atoms with Crippen molar-refractivity contribution in [3.8, 4) is 10.6 Å². The number of rotatable bonds is 17. The third-order valence-corrected chi connectivity index (χ3v) is 16.3. The molecule has 1 saturated heterocycles. The van der Waals surface area contributed by atoms with Crippen molar-refractivity contribution in [2.24, 2.45) is 5.16 Å². The first-order chi connectivity index (χ1) is 37.6. The number of thiazole rings is 2. The minimum Gasteiger partial charge on any atom is -0.457 e. The lowest BCUT2D eigenvalue weighted by molar-refractivity contribution is -0.179. The van der Waals surface area contributed by atoms with E-state index in [0.29, 0.717) is 31.7 Å². The van der Waals surface area contributed by atoms with Gasteiger partial charge >= 0.3 is 11.9 Å². The second kappa shape index (κ2) is 22.3. The number of esters is 2. The number of benzene rings is 5. The molecule has 5 heterocycles. The van der Waals surface area contributed by atoms with E-state index in [1.165, 1.54) is 36.5 Å². The van der Waals surface area contributed by atoms with Crippen LogP contribution in [0.15, 0.2) is 199 Å². The summed E-state index contributed by atoms with van der Waals surface area (Å²) in [4.78, 5) is 79.6. The van der Waals surface area contributed by atoms with Gasteiger partial charge in [0, 0.05) is 35.1 Å². The second-order valence-corrected chi connectivity index (χ2v) is 23.3. The molecule has 2 N–H and O–H groups in total. The fourth-order valence-corrected chi connectivity index (χ4v) is 12.6. The molecule has 2 amide bonds. The molecule has 394 valence electrons. The fourth-order valence-electron chi connectivity index (χ4n) is 9.13. The van der Waals surface area contributed by atoms with E-state index in [9.17, 15) is 18.6 Å². The Morgan fingerprint density at radius 2 is 1.32 bits per heavy atom. The van der Waals surface area contributed by atoms with Gasteiger partial charge in [0.15, 0.2) is 16.9 Å². The Hall–Kier alpha value is -8.45. The van der Waals surface area contributed by atoms with Crippen LogP contribution in [0.4, 0.5) is 5.13 Å². The van der Waals surface area contributed by atoms with E-state index in [1.54, 1.807) is 50.8 Å². The van der Waals surface area contributed by atoms with Crippen LogP contribution in [0.2, 0.25) is 0 Å². The first-order valence-electron chi connectivity index (χ1n) is 24.9. The third kappa shape index (κ3) is 10.9. The van der Waals surface area contributed by atoms with Crippen molar-refractivity contribution in [1.82, 2.24) is 25.2 Å². The molecule has 2 aliphatic rings.